The molecule has 0 spiro atoms. The molecule has 164 valence electrons. The van der Waals surface area contributed by atoms with Crippen molar-refractivity contribution >= 4 is 29.2 Å². The summed E-state index contributed by atoms with van der Waals surface area (Å²) in [5.41, 5.74) is -1.35. The smallest absolute Gasteiger partial charge is 0.358 e. The van der Waals surface area contributed by atoms with E-state index in [0.29, 0.717) is 31.9 Å². The molecule has 0 bridgehead atoms. The maximum Gasteiger partial charge on any atom is 0.419 e. The van der Waals surface area contributed by atoms with E-state index in [4.69, 9.17) is 0 Å². The van der Waals surface area contributed by atoms with Crippen molar-refractivity contribution < 1.29 is 27.2 Å². The van der Waals surface area contributed by atoms with Gasteiger partial charge in [0.15, 0.2) is 0 Å². The molecule has 31 heavy (non-hydrogen) atoms. The first-order valence-corrected chi connectivity index (χ1v) is 9.85. The van der Waals surface area contributed by atoms with Crippen LogP contribution in [0.4, 0.5) is 23.2 Å². The third-order valence-electron chi connectivity index (χ3n) is 5.38. The van der Waals surface area contributed by atoms with Gasteiger partial charge in [-0.05, 0) is 30.8 Å². The Balaban J connectivity index is 1.79. The van der Waals surface area contributed by atoms with Gasteiger partial charge in [0.1, 0.15) is 5.82 Å². The number of benzene rings is 1. The lowest BCUT2D eigenvalue weighted by Crippen LogP contribution is -2.42. The molecule has 0 saturated heterocycles. The number of amides is 2. The van der Waals surface area contributed by atoms with E-state index in [1.54, 1.807) is 0 Å². The van der Waals surface area contributed by atoms with Gasteiger partial charge in [-0.3, -0.25) is 9.59 Å². The molecule has 10 heteroatoms. The third-order valence-corrected chi connectivity index (χ3v) is 5.38. The first kappa shape index (κ1) is 21.1. The number of aromatic amines is 1. The lowest BCUT2D eigenvalue weighted by atomic mass is 9.99. The van der Waals surface area contributed by atoms with E-state index in [0.717, 1.165) is 18.2 Å². The molecule has 1 aromatic heterocycles. The SMILES string of the molecule is CCNCCN1CCc2[nH]c(/C=C3\C(=O)Nc4ccc(F)cc43)c(C(F)(F)F)c2C1=O. The molecule has 2 aromatic rings. The van der Waals surface area contributed by atoms with E-state index < -0.39 is 34.9 Å². The second kappa shape index (κ2) is 7.84. The number of nitrogens with zero attached hydrogens (tertiary/aromatic N) is 1. The normalized spacial score (nSPS) is 17.2. The number of H-pyrrole nitrogens is 1. The first-order valence-electron chi connectivity index (χ1n) is 9.85. The van der Waals surface area contributed by atoms with Gasteiger partial charge in [-0.15, -0.1) is 0 Å². The average Bonchev–Trinajstić information content (AvgIpc) is 3.22. The summed E-state index contributed by atoms with van der Waals surface area (Å²) < 4.78 is 55.7. The highest BCUT2D eigenvalue weighted by Crippen LogP contribution is 2.41. The van der Waals surface area contributed by atoms with Crippen LogP contribution >= 0.6 is 0 Å². The summed E-state index contributed by atoms with van der Waals surface area (Å²) in [6.07, 6.45) is -3.55. The number of hydrogen-bond donors (Lipinski definition) is 3. The molecule has 1 aromatic carbocycles. The Bertz CT molecular complexity index is 1090. The Hall–Kier alpha value is -3.14. The van der Waals surface area contributed by atoms with Gasteiger partial charge in [0.2, 0.25) is 0 Å². The van der Waals surface area contributed by atoms with E-state index in [1.165, 1.54) is 11.0 Å². The fourth-order valence-corrected chi connectivity index (χ4v) is 3.96. The van der Waals surface area contributed by atoms with E-state index in [1.807, 2.05) is 6.92 Å². The Morgan fingerprint density at radius 1 is 1.26 bits per heavy atom. The number of likely N-dealkylation sites (N-methyl/N-ethyl adjacent to an activating group) is 1. The molecule has 3 heterocycles. The number of nitrogens with one attached hydrogen (secondary N) is 3. The number of fused-ring (bicyclic) bond motifs is 2. The summed E-state index contributed by atoms with van der Waals surface area (Å²) in [6.45, 7) is 3.64. The molecule has 6 nitrogen and oxygen atoms in total. The lowest BCUT2D eigenvalue weighted by Gasteiger charge is -2.27. The Morgan fingerprint density at radius 2 is 2.03 bits per heavy atom. The zero-order chi connectivity index (χ0) is 22.3. The molecule has 2 aliphatic heterocycles. The van der Waals surface area contributed by atoms with Gasteiger partial charge in [0.25, 0.3) is 11.8 Å². The van der Waals surface area contributed by atoms with E-state index in [-0.39, 0.29) is 28.9 Å². The van der Waals surface area contributed by atoms with Gasteiger partial charge >= 0.3 is 6.18 Å². The number of halogens is 4. The first-order chi connectivity index (χ1) is 14.7. The number of carbonyl (C=O) groups excluding carboxylic acids is 2. The van der Waals surface area contributed by atoms with Crippen molar-refractivity contribution in [2.24, 2.45) is 0 Å². The van der Waals surface area contributed by atoms with Gasteiger partial charge < -0.3 is 20.5 Å². The number of aromatic nitrogens is 1. The second-order valence-corrected chi connectivity index (χ2v) is 7.36. The van der Waals surface area contributed by atoms with E-state index in [9.17, 15) is 27.2 Å². The minimum absolute atomic E-state index is 0.102. The van der Waals surface area contributed by atoms with Crippen molar-refractivity contribution in [2.75, 3.05) is 31.5 Å². The maximum atomic E-state index is 14.0. The number of rotatable bonds is 5. The molecular weight excluding hydrogens is 416 g/mol. The standard InChI is InChI=1S/C21H20F4N4O2/c1-2-26-6-8-29-7-5-15-17(20(29)31)18(21(23,24)25)16(27-15)10-13-12-9-11(22)3-4-14(12)28-19(13)30/h3-4,9-10,26-27H,2,5-8H2,1H3,(H,28,30)/b13-10-. The highest BCUT2D eigenvalue weighted by atomic mass is 19.4. The molecule has 0 unspecified atom stereocenters. The van der Waals surface area contributed by atoms with Crippen LogP contribution < -0.4 is 10.6 Å². The van der Waals surface area contributed by atoms with Gasteiger partial charge in [0, 0.05) is 43.0 Å². The van der Waals surface area contributed by atoms with Gasteiger partial charge in [-0.1, -0.05) is 6.92 Å². The number of alkyl halides is 3. The molecule has 4 rings (SSSR count). The van der Waals surface area contributed by atoms with Crippen molar-refractivity contribution in [3.8, 4) is 0 Å². The zero-order valence-electron chi connectivity index (χ0n) is 16.6. The minimum atomic E-state index is -4.82. The molecule has 0 atom stereocenters. The summed E-state index contributed by atoms with van der Waals surface area (Å²) in [5.74, 6) is -1.95. The molecular formula is C21H20F4N4O2. The minimum Gasteiger partial charge on any atom is -0.358 e. The van der Waals surface area contributed by atoms with Gasteiger partial charge in [-0.2, -0.15) is 13.2 Å². The molecule has 3 N–H and O–H groups in total. The summed E-state index contributed by atoms with van der Waals surface area (Å²) >= 11 is 0. The second-order valence-electron chi connectivity index (χ2n) is 7.36. The van der Waals surface area contributed by atoms with Crippen molar-refractivity contribution in [3.05, 3.63) is 52.1 Å². The quantitative estimate of drug-likeness (QED) is 0.383. The predicted molar refractivity (Wildman–Crippen MR) is 107 cm³/mol. The molecule has 0 aliphatic carbocycles. The number of hydrogen-bond acceptors (Lipinski definition) is 3. The van der Waals surface area contributed by atoms with Crippen molar-refractivity contribution in [1.82, 2.24) is 15.2 Å². The highest BCUT2D eigenvalue weighted by Gasteiger charge is 2.43. The largest absolute Gasteiger partial charge is 0.419 e. The summed E-state index contributed by atoms with van der Waals surface area (Å²) in [5, 5.41) is 5.56. The molecule has 2 aliphatic rings. The van der Waals surface area contributed by atoms with Crippen LogP contribution in [0.15, 0.2) is 18.2 Å². The number of anilines is 1. The molecule has 0 saturated carbocycles. The zero-order valence-corrected chi connectivity index (χ0v) is 16.6. The Kier molecular flexibility index (Phi) is 5.34. The van der Waals surface area contributed by atoms with Crippen LogP contribution in [0, 0.1) is 5.82 Å². The van der Waals surface area contributed by atoms with Crippen LogP contribution in [-0.4, -0.2) is 47.9 Å². The highest BCUT2D eigenvalue weighted by molar-refractivity contribution is 6.35. The lowest BCUT2D eigenvalue weighted by molar-refractivity contribution is -0.138. The fourth-order valence-electron chi connectivity index (χ4n) is 3.96. The van der Waals surface area contributed by atoms with E-state index >= 15 is 0 Å². The predicted octanol–water partition coefficient (Wildman–Crippen LogP) is 3.27. The fraction of sp³-hybridized carbons (Fsp3) is 0.333. The van der Waals surface area contributed by atoms with E-state index in [2.05, 4.69) is 15.6 Å². The molecule has 0 fully saturated rings. The monoisotopic (exact) mass is 436 g/mol. The Labute approximate surface area is 175 Å². The summed E-state index contributed by atoms with van der Waals surface area (Å²) in [4.78, 5) is 29.3. The molecule has 0 radical (unpaired) electrons. The van der Waals surface area contributed by atoms with Gasteiger partial charge in [0.05, 0.1) is 22.4 Å². The van der Waals surface area contributed by atoms with Crippen LogP contribution in [0.25, 0.3) is 11.6 Å². The van der Waals surface area contributed by atoms with Crippen LogP contribution in [0.1, 0.15) is 39.8 Å². The van der Waals surface area contributed by atoms with Crippen LogP contribution in [0.2, 0.25) is 0 Å². The van der Waals surface area contributed by atoms with Crippen LogP contribution in [0.3, 0.4) is 0 Å². The van der Waals surface area contributed by atoms with Crippen molar-refractivity contribution in [3.63, 3.8) is 0 Å². The maximum absolute atomic E-state index is 14.0. The topological polar surface area (TPSA) is 77.2 Å². The van der Waals surface area contributed by atoms with Crippen LogP contribution in [0.5, 0.6) is 0 Å². The molecule has 2 amide bonds. The van der Waals surface area contributed by atoms with Crippen molar-refractivity contribution in [2.45, 2.75) is 19.5 Å². The van der Waals surface area contributed by atoms with Gasteiger partial charge in [-0.25, -0.2) is 4.39 Å². The van der Waals surface area contributed by atoms with Crippen LogP contribution in [-0.2, 0) is 17.4 Å². The Morgan fingerprint density at radius 3 is 2.74 bits per heavy atom. The van der Waals surface area contributed by atoms with Crippen molar-refractivity contribution in [1.29, 1.82) is 0 Å². The summed E-state index contributed by atoms with van der Waals surface area (Å²) in [7, 11) is 0. The summed E-state index contributed by atoms with van der Waals surface area (Å²) in [6, 6.07) is 3.58. The third kappa shape index (κ3) is 3.83. The number of carbonyl (C=O) groups is 2. The average molecular weight is 436 g/mol.